The second-order valence-electron chi connectivity index (χ2n) is 6.29. The molecular weight excluding hydrogens is 324 g/mol. The van der Waals surface area contributed by atoms with Crippen LogP contribution >= 0.6 is 0 Å². The molecule has 0 saturated carbocycles. The first kappa shape index (κ1) is 21.4. The number of aliphatic hydroxyl groups excluding tert-OH is 1. The summed E-state index contributed by atoms with van der Waals surface area (Å²) in [4.78, 5) is 4.63. The lowest BCUT2D eigenvalue weighted by molar-refractivity contribution is 0.175. The third kappa shape index (κ3) is 6.98. The Kier molecular flexibility index (Phi) is 9.42. The van der Waals surface area contributed by atoms with Gasteiger partial charge >= 0.3 is 0 Å². The summed E-state index contributed by atoms with van der Waals surface area (Å²) in [5.41, 5.74) is 0.339. The van der Waals surface area contributed by atoms with Crippen molar-refractivity contribution in [1.29, 1.82) is 0 Å². The minimum atomic E-state index is -0.434. The van der Waals surface area contributed by atoms with Crippen molar-refractivity contribution in [2.75, 3.05) is 26.2 Å². The van der Waals surface area contributed by atoms with Gasteiger partial charge in [-0.1, -0.05) is 13.8 Å². The quantitative estimate of drug-likeness (QED) is 0.446. The lowest BCUT2D eigenvalue weighted by atomic mass is 9.79. The molecule has 0 heterocycles. The number of hydrogen-bond donors (Lipinski definition) is 3. The molecule has 0 aliphatic rings. The summed E-state index contributed by atoms with van der Waals surface area (Å²) in [6, 6.07) is 3.49. The Balaban J connectivity index is 2.68. The van der Waals surface area contributed by atoms with Crippen LogP contribution in [-0.4, -0.2) is 37.3 Å². The Morgan fingerprint density at radius 3 is 2.48 bits per heavy atom. The number of hydrogen-bond acceptors (Lipinski definition) is 2. The molecule has 25 heavy (non-hydrogen) atoms. The van der Waals surface area contributed by atoms with E-state index < -0.39 is 11.6 Å². The van der Waals surface area contributed by atoms with Crippen LogP contribution < -0.4 is 10.6 Å². The first-order valence-electron chi connectivity index (χ1n) is 9.07. The van der Waals surface area contributed by atoms with Gasteiger partial charge in [0.15, 0.2) is 5.96 Å². The van der Waals surface area contributed by atoms with Crippen LogP contribution in [0.15, 0.2) is 23.2 Å². The summed E-state index contributed by atoms with van der Waals surface area (Å²) >= 11 is 0. The third-order valence-electron chi connectivity index (χ3n) is 4.75. The first-order valence-corrected chi connectivity index (χ1v) is 9.07. The summed E-state index contributed by atoms with van der Waals surface area (Å²) in [5, 5.41) is 15.6. The second-order valence-corrected chi connectivity index (χ2v) is 6.29. The van der Waals surface area contributed by atoms with Crippen LogP contribution in [0.1, 0.15) is 45.6 Å². The number of aliphatic hydroxyl groups is 1. The van der Waals surface area contributed by atoms with Crippen LogP contribution in [0, 0.1) is 17.0 Å². The van der Waals surface area contributed by atoms with Gasteiger partial charge in [-0.05, 0) is 61.8 Å². The highest BCUT2D eigenvalue weighted by atomic mass is 19.1. The number of benzene rings is 1. The van der Waals surface area contributed by atoms with E-state index in [-0.39, 0.29) is 12.0 Å². The average Bonchev–Trinajstić information content (AvgIpc) is 2.61. The molecule has 0 aliphatic carbocycles. The zero-order valence-electron chi connectivity index (χ0n) is 15.5. The third-order valence-corrected chi connectivity index (χ3v) is 4.75. The normalized spacial score (nSPS) is 12.3. The number of guanidine groups is 1. The molecule has 6 heteroatoms. The molecule has 0 bridgehead atoms. The Hall–Kier alpha value is -1.69. The summed E-state index contributed by atoms with van der Waals surface area (Å²) in [5.74, 6) is -0.177. The molecule has 1 aromatic rings. The van der Waals surface area contributed by atoms with Crippen LogP contribution in [0.25, 0.3) is 0 Å². The number of aliphatic imine (C=N–C) groups is 1. The van der Waals surface area contributed by atoms with Crippen LogP contribution in [0.2, 0.25) is 0 Å². The minimum absolute atomic E-state index is 0.00817. The highest BCUT2D eigenvalue weighted by molar-refractivity contribution is 5.79. The molecule has 0 radical (unpaired) electrons. The smallest absolute Gasteiger partial charge is 0.191 e. The fourth-order valence-corrected chi connectivity index (χ4v) is 2.78. The molecular formula is C19H31F2N3O. The van der Waals surface area contributed by atoms with Crippen LogP contribution in [-0.2, 0) is 6.42 Å². The zero-order chi connectivity index (χ0) is 18.7. The molecule has 0 unspecified atom stereocenters. The van der Waals surface area contributed by atoms with E-state index in [1.54, 1.807) is 0 Å². The van der Waals surface area contributed by atoms with Crippen molar-refractivity contribution in [2.24, 2.45) is 10.4 Å². The number of halogens is 2. The van der Waals surface area contributed by atoms with E-state index in [1.165, 1.54) is 6.07 Å². The second kappa shape index (κ2) is 11.0. The predicted octanol–water partition coefficient (Wildman–Crippen LogP) is 3.25. The van der Waals surface area contributed by atoms with E-state index >= 15 is 0 Å². The Morgan fingerprint density at radius 2 is 1.88 bits per heavy atom. The van der Waals surface area contributed by atoms with Crippen molar-refractivity contribution in [3.8, 4) is 0 Å². The minimum Gasteiger partial charge on any atom is -0.396 e. The fourth-order valence-electron chi connectivity index (χ4n) is 2.78. The molecule has 1 aromatic carbocycles. The van der Waals surface area contributed by atoms with Crippen molar-refractivity contribution in [3.05, 3.63) is 35.4 Å². The van der Waals surface area contributed by atoms with Crippen molar-refractivity contribution < 1.29 is 13.9 Å². The summed E-state index contributed by atoms with van der Waals surface area (Å²) in [7, 11) is 0. The molecule has 0 atom stereocenters. The van der Waals surface area contributed by atoms with Gasteiger partial charge in [-0.25, -0.2) is 8.78 Å². The molecule has 0 spiro atoms. The van der Waals surface area contributed by atoms with Gasteiger partial charge in [0, 0.05) is 26.2 Å². The highest BCUT2D eigenvalue weighted by Gasteiger charge is 2.25. The maximum atomic E-state index is 13.7. The van der Waals surface area contributed by atoms with Crippen LogP contribution in [0.3, 0.4) is 0 Å². The van der Waals surface area contributed by atoms with Gasteiger partial charge in [-0.2, -0.15) is 0 Å². The Morgan fingerprint density at radius 1 is 1.16 bits per heavy atom. The Bertz CT molecular complexity index is 545. The molecule has 0 amide bonds. The van der Waals surface area contributed by atoms with Crippen molar-refractivity contribution in [1.82, 2.24) is 10.6 Å². The Labute approximate surface area is 149 Å². The number of nitrogens with one attached hydrogen (secondary N) is 2. The van der Waals surface area contributed by atoms with Gasteiger partial charge in [-0.3, -0.25) is 4.99 Å². The van der Waals surface area contributed by atoms with Gasteiger partial charge < -0.3 is 15.7 Å². The average molecular weight is 355 g/mol. The lowest BCUT2D eigenvalue weighted by Crippen LogP contribution is -2.39. The molecule has 4 nitrogen and oxygen atoms in total. The zero-order valence-corrected chi connectivity index (χ0v) is 15.5. The summed E-state index contributed by atoms with van der Waals surface area (Å²) in [6.07, 6.45) is 2.98. The van der Waals surface area contributed by atoms with Crippen LogP contribution in [0.4, 0.5) is 8.78 Å². The molecule has 0 aliphatic heterocycles. The molecule has 0 fully saturated rings. The van der Waals surface area contributed by atoms with E-state index in [4.69, 9.17) is 0 Å². The van der Waals surface area contributed by atoms with E-state index in [9.17, 15) is 13.9 Å². The topological polar surface area (TPSA) is 56.7 Å². The largest absolute Gasteiger partial charge is 0.396 e. The van der Waals surface area contributed by atoms with Gasteiger partial charge in [0.2, 0.25) is 0 Å². The lowest BCUT2D eigenvalue weighted by Gasteiger charge is -2.29. The monoisotopic (exact) mass is 355 g/mol. The van der Waals surface area contributed by atoms with Gasteiger partial charge in [0.25, 0.3) is 0 Å². The molecule has 3 N–H and O–H groups in total. The molecule has 0 aromatic heterocycles. The van der Waals surface area contributed by atoms with Crippen molar-refractivity contribution in [2.45, 2.75) is 46.5 Å². The summed E-state index contributed by atoms with van der Waals surface area (Å²) in [6.45, 7) is 8.14. The fraction of sp³-hybridized carbons (Fsp3) is 0.632. The van der Waals surface area contributed by atoms with E-state index in [0.29, 0.717) is 37.6 Å². The molecule has 142 valence electrons. The number of rotatable bonds is 10. The van der Waals surface area contributed by atoms with E-state index in [2.05, 4.69) is 29.5 Å². The van der Waals surface area contributed by atoms with Gasteiger partial charge in [0.1, 0.15) is 11.6 Å². The van der Waals surface area contributed by atoms with Gasteiger partial charge in [0.05, 0.1) is 0 Å². The highest BCUT2D eigenvalue weighted by Crippen LogP contribution is 2.30. The van der Waals surface area contributed by atoms with E-state index in [0.717, 1.165) is 31.4 Å². The maximum Gasteiger partial charge on any atom is 0.191 e. The van der Waals surface area contributed by atoms with E-state index in [1.807, 2.05) is 6.92 Å². The number of nitrogens with zero attached hydrogens (tertiary/aromatic N) is 1. The maximum absolute atomic E-state index is 13.7. The van der Waals surface area contributed by atoms with Crippen LogP contribution in [0.5, 0.6) is 0 Å². The standard InChI is InChI=1S/C19H31F2N3O/c1-4-19(5-2,10-12-25)14-24-18(22-6-3)23-11-9-15-13-16(20)7-8-17(15)21/h7-8,13,25H,4-6,9-12,14H2,1-3H3,(H2,22,23,24). The molecule has 1 rings (SSSR count). The SMILES string of the molecule is CCNC(=NCC(CC)(CC)CCO)NCCc1cc(F)ccc1F. The summed E-state index contributed by atoms with van der Waals surface area (Å²) < 4.78 is 26.9. The van der Waals surface area contributed by atoms with Crippen molar-refractivity contribution >= 4 is 5.96 Å². The van der Waals surface area contributed by atoms with Crippen molar-refractivity contribution in [3.63, 3.8) is 0 Å². The van der Waals surface area contributed by atoms with Gasteiger partial charge in [-0.15, -0.1) is 0 Å². The molecule has 0 saturated heterocycles. The predicted molar refractivity (Wildman–Crippen MR) is 98.8 cm³/mol. The first-order chi connectivity index (χ1) is 12.0.